The monoisotopic (exact) mass is 211 g/mol. The molecule has 0 aliphatic rings. The van der Waals surface area contributed by atoms with Crippen molar-refractivity contribution >= 4 is 17.5 Å². The average Bonchev–Trinajstić information content (AvgIpc) is 2.63. The second kappa shape index (κ2) is 5.91. The Balaban J connectivity index is 2.54. The summed E-state index contributed by atoms with van der Waals surface area (Å²) < 4.78 is 2.08. The fourth-order valence-corrected chi connectivity index (χ4v) is 1.71. The molecule has 0 saturated carbocycles. The van der Waals surface area contributed by atoms with E-state index in [9.17, 15) is 4.79 Å². The van der Waals surface area contributed by atoms with Gasteiger partial charge in [-0.2, -0.15) is 11.8 Å². The lowest BCUT2D eigenvalue weighted by Gasteiger charge is -1.99. The molecule has 0 saturated heterocycles. The van der Waals surface area contributed by atoms with E-state index >= 15 is 0 Å². The SMILES string of the molecule is CCCC(=O)c1ccn(CCSC)c1. The average molecular weight is 211 g/mol. The van der Waals surface area contributed by atoms with Gasteiger partial charge in [0, 0.05) is 36.7 Å². The van der Waals surface area contributed by atoms with Gasteiger partial charge in [0.2, 0.25) is 0 Å². The molecule has 0 unspecified atom stereocenters. The van der Waals surface area contributed by atoms with E-state index in [4.69, 9.17) is 0 Å². The van der Waals surface area contributed by atoms with E-state index in [2.05, 4.69) is 10.8 Å². The van der Waals surface area contributed by atoms with Crippen LogP contribution < -0.4 is 0 Å². The number of carbonyl (C=O) groups excluding carboxylic acids is 1. The summed E-state index contributed by atoms with van der Waals surface area (Å²) in [5.74, 6) is 1.35. The molecule has 0 N–H and O–H groups in total. The molecule has 78 valence electrons. The Labute approximate surface area is 89.7 Å². The molecule has 0 aliphatic heterocycles. The van der Waals surface area contributed by atoms with Crippen LogP contribution in [0.15, 0.2) is 18.5 Å². The Morgan fingerprint density at radius 1 is 1.57 bits per heavy atom. The van der Waals surface area contributed by atoms with Gasteiger partial charge in [-0.25, -0.2) is 0 Å². The largest absolute Gasteiger partial charge is 0.353 e. The predicted molar refractivity (Wildman–Crippen MR) is 62.1 cm³/mol. The van der Waals surface area contributed by atoms with Crippen molar-refractivity contribution < 1.29 is 4.79 Å². The number of ketones is 1. The lowest BCUT2D eigenvalue weighted by atomic mass is 10.1. The number of hydrogen-bond acceptors (Lipinski definition) is 2. The zero-order chi connectivity index (χ0) is 10.4. The third-order valence-electron chi connectivity index (χ3n) is 2.10. The molecule has 0 radical (unpaired) electrons. The second-order valence-corrected chi connectivity index (χ2v) is 4.29. The van der Waals surface area contributed by atoms with Crippen LogP contribution in [0.5, 0.6) is 0 Å². The minimum absolute atomic E-state index is 0.260. The van der Waals surface area contributed by atoms with Gasteiger partial charge < -0.3 is 4.57 Å². The number of carbonyl (C=O) groups is 1. The van der Waals surface area contributed by atoms with Crippen molar-refractivity contribution in [2.75, 3.05) is 12.0 Å². The van der Waals surface area contributed by atoms with Crippen LogP contribution in [0.3, 0.4) is 0 Å². The van der Waals surface area contributed by atoms with Crippen LogP contribution in [-0.2, 0) is 6.54 Å². The van der Waals surface area contributed by atoms with E-state index in [1.807, 2.05) is 37.1 Å². The summed E-state index contributed by atoms with van der Waals surface area (Å²) in [4.78, 5) is 11.5. The lowest BCUT2D eigenvalue weighted by molar-refractivity contribution is 0.0981. The maximum Gasteiger partial charge on any atom is 0.164 e. The fourth-order valence-electron chi connectivity index (χ4n) is 1.31. The first-order valence-corrected chi connectivity index (χ1v) is 6.35. The van der Waals surface area contributed by atoms with Crippen LogP contribution in [-0.4, -0.2) is 22.4 Å². The minimum atomic E-state index is 0.260. The Morgan fingerprint density at radius 2 is 2.36 bits per heavy atom. The highest BCUT2D eigenvalue weighted by Crippen LogP contribution is 2.07. The van der Waals surface area contributed by atoms with Crippen molar-refractivity contribution in [3.8, 4) is 0 Å². The van der Waals surface area contributed by atoms with Gasteiger partial charge in [-0.05, 0) is 18.7 Å². The minimum Gasteiger partial charge on any atom is -0.353 e. The van der Waals surface area contributed by atoms with Gasteiger partial charge in [0.1, 0.15) is 0 Å². The number of nitrogens with zero attached hydrogens (tertiary/aromatic N) is 1. The van der Waals surface area contributed by atoms with Gasteiger partial charge >= 0.3 is 0 Å². The van der Waals surface area contributed by atoms with Gasteiger partial charge in [-0.3, -0.25) is 4.79 Å². The molecule has 1 heterocycles. The summed E-state index contributed by atoms with van der Waals surface area (Å²) in [5.41, 5.74) is 0.855. The van der Waals surface area contributed by atoms with Crippen molar-refractivity contribution in [2.45, 2.75) is 26.3 Å². The van der Waals surface area contributed by atoms with E-state index in [-0.39, 0.29) is 5.78 Å². The Bertz CT molecular complexity index is 293. The van der Waals surface area contributed by atoms with Crippen molar-refractivity contribution in [2.24, 2.45) is 0 Å². The molecule has 0 amide bonds. The first kappa shape index (κ1) is 11.4. The maximum absolute atomic E-state index is 11.5. The molecule has 14 heavy (non-hydrogen) atoms. The normalized spacial score (nSPS) is 10.4. The maximum atomic E-state index is 11.5. The number of thioether (sulfide) groups is 1. The first-order chi connectivity index (χ1) is 6.77. The molecule has 2 nitrogen and oxygen atoms in total. The molecule has 0 aliphatic carbocycles. The van der Waals surface area contributed by atoms with Crippen molar-refractivity contribution in [3.05, 3.63) is 24.0 Å². The third kappa shape index (κ3) is 3.22. The molecule has 1 aromatic rings. The number of aryl methyl sites for hydroxylation is 1. The van der Waals surface area contributed by atoms with Crippen molar-refractivity contribution in [1.29, 1.82) is 0 Å². The van der Waals surface area contributed by atoms with Gasteiger partial charge in [-0.15, -0.1) is 0 Å². The molecule has 0 bridgehead atoms. The summed E-state index contributed by atoms with van der Waals surface area (Å²) in [6.07, 6.45) is 7.61. The van der Waals surface area contributed by atoms with E-state index in [1.54, 1.807) is 0 Å². The number of rotatable bonds is 6. The summed E-state index contributed by atoms with van der Waals surface area (Å²) in [6, 6.07) is 1.92. The highest BCUT2D eigenvalue weighted by Gasteiger charge is 2.05. The van der Waals surface area contributed by atoms with Crippen LogP contribution in [0.25, 0.3) is 0 Å². The molecule has 1 aromatic heterocycles. The molecular weight excluding hydrogens is 194 g/mol. The number of aromatic nitrogens is 1. The molecule has 0 spiro atoms. The third-order valence-corrected chi connectivity index (χ3v) is 2.69. The van der Waals surface area contributed by atoms with E-state index in [1.165, 1.54) is 0 Å². The molecule has 0 atom stereocenters. The number of Topliss-reactive ketones (excluding diaryl/α,β-unsaturated/α-hetero) is 1. The Hall–Kier alpha value is -0.700. The smallest absolute Gasteiger partial charge is 0.164 e. The summed E-state index contributed by atoms with van der Waals surface area (Å²) in [6.45, 7) is 3.02. The first-order valence-electron chi connectivity index (χ1n) is 4.96. The molecule has 3 heteroatoms. The fraction of sp³-hybridized carbons (Fsp3) is 0.545. The topological polar surface area (TPSA) is 22.0 Å². The number of hydrogen-bond donors (Lipinski definition) is 0. The van der Waals surface area contributed by atoms with Crippen LogP contribution in [0, 0.1) is 0 Å². The van der Waals surface area contributed by atoms with E-state index in [0.29, 0.717) is 6.42 Å². The van der Waals surface area contributed by atoms with Gasteiger partial charge in [0.25, 0.3) is 0 Å². The molecule has 1 rings (SSSR count). The zero-order valence-electron chi connectivity index (χ0n) is 8.82. The second-order valence-electron chi connectivity index (χ2n) is 3.30. The van der Waals surface area contributed by atoms with Crippen LogP contribution in [0.2, 0.25) is 0 Å². The van der Waals surface area contributed by atoms with Crippen LogP contribution in [0.4, 0.5) is 0 Å². The molecule has 0 fully saturated rings. The standard InChI is InChI=1S/C11H17NOS/c1-3-4-11(13)10-5-6-12(9-10)7-8-14-2/h5-6,9H,3-4,7-8H2,1-2H3. The van der Waals surface area contributed by atoms with Crippen molar-refractivity contribution in [3.63, 3.8) is 0 Å². The Morgan fingerprint density at radius 3 is 3.00 bits per heavy atom. The lowest BCUT2D eigenvalue weighted by Crippen LogP contribution is -1.99. The Kier molecular flexibility index (Phi) is 4.80. The van der Waals surface area contributed by atoms with E-state index < -0.39 is 0 Å². The van der Waals surface area contributed by atoms with Crippen LogP contribution in [0.1, 0.15) is 30.1 Å². The van der Waals surface area contributed by atoms with Gasteiger partial charge in [-0.1, -0.05) is 6.92 Å². The van der Waals surface area contributed by atoms with Crippen LogP contribution >= 0.6 is 11.8 Å². The van der Waals surface area contributed by atoms with Crippen molar-refractivity contribution in [1.82, 2.24) is 4.57 Å². The molecular formula is C11H17NOS. The van der Waals surface area contributed by atoms with Gasteiger partial charge in [0.05, 0.1) is 0 Å². The highest BCUT2D eigenvalue weighted by atomic mass is 32.2. The quantitative estimate of drug-likeness (QED) is 0.675. The molecule has 0 aromatic carbocycles. The van der Waals surface area contributed by atoms with E-state index in [0.717, 1.165) is 24.3 Å². The predicted octanol–water partition coefficient (Wildman–Crippen LogP) is 2.83. The zero-order valence-corrected chi connectivity index (χ0v) is 9.64. The highest BCUT2D eigenvalue weighted by molar-refractivity contribution is 7.98. The summed E-state index contributed by atoms with van der Waals surface area (Å²) in [7, 11) is 0. The summed E-state index contributed by atoms with van der Waals surface area (Å²) >= 11 is 1.82. The summed E-state index contributed by atoms with van der Waals surface area (Å²) in [5, 5.41) is 0. The van der Waals surface area contributed by atoms with Gasteiger partial charge in [0.15, 0.2) is 5.78 Å².